The summed E-state index contributed by atoms with van der Waals surface area (Å²) in [6, 6.07) is 3.85. The molecule has 1 rings (SSSR count). The molecule has 0 spiro atoms. The van der Waals surface area contributed by atoms with E-state index in [0.717, 1.165) is 30.1 Å². The topological polar surface area (TPSA) is 37.2 Å². The first-order valence-electron chi connectivity index (χ1n) is 3.92. The van der Waals surface area contributed by atoms with Crippen molar-refractivity contribution in [2.75, 3.05) is 20.1 Å². The Morgan fingerprint density at radius 3 is 2.83 bits per heavy atom. The molecule has 0 aliphatic carbocycles. The minimum absolute atomic E-state index is 0.785. The molecule has 1 heterocycles. The summed E-state index contributed by atoms with van der Waals surface area (Å²) in [5.74, 6) is 0.956. The lowest BCUT2D eigenvalue weighted by molar-refractivity contribution is 0.465. The Kier molecular flexibility index (Phi) is 4.35. The first kappa shape index (κ1) is 9.77. The van der Waals surface area contributed by atoms with Crippen molar-refractivity contribution in [2.24, 2.45) is 0 Å². The van der Waals surface area contributed by atoms with E-state index in [-0.39, 0.29) is 0 Å². The van der Waals surface area contributed by atoms with Crippen molar-refractivity contribution >= 4 is 15.9 Å². The number of likely N-dealkylation sites (N-methyl/N-ethyl adjacent to an activating group) is 1. The van der Waals surface area contributed by atoms with Gasteiger partial charge in [0.15, 0.2) is 4.67 Å². The molecule has 1 aromatic heterocycles. The van der Waals surface area contributed by atoms with Crippen LogP contribution in [0.1, 0.15) is 5.76 Å². The fraction of sp³-hybridized carbons (Fsp3) is 0.500. The first-order valence-corrected chi connectivity index (χ1v) is 4.72. The van der Waals surface area contributed by atoms with Crippen LogP contribution in [0.2, 0.25) is 0 Å². The van der Waals surface area contributed by atoms with Crippen LogP contribution in [0.15, 0.2) is 21.2 Å². The fourth-order valence-electron chi connectivity index (χ4n) is 0.872. The Morgan fingerprint density at radius 1 is 1.42 bits per heavy atom. The number of hydrogen-bond donors (Lipinski definition) is 2. The van der Waals surface area contributed by atoms with Gasteiger partial charge in [0.05, 0.1) is 6.54 Å². The van der Waals surface area contributed by atoms with Gasteiger partial charge in [-0.15, -0.1) is 0 Å². The zero-order chi connectivity index (χ0) is 8.81. The average Bonchev–Trinajstić information content (AvgIpc) is 2.45. The average molecular weight is 233 g/mol. The predicted molar refractivity (Wildman–Crippen MR) is 52.0 cm³/mol. The molecule has 0 bridgehead atoms. The zero-order valence-electron chi connectivity index (χ0n) is 7.06. The van der Waals surface area contributed by atoms with Crippen molar-refractivity contribution in [2.45, 2.75) is 6.54 Å². The van der Waals surface area contributed by atoms with Crippen LogP contribution < -0.4 is 10.6 Å². The van der Waals surface area contributed by atoms with Crippen molar-refractivity contribution in [1.29, 1.82) is 0 Å². The smallest absolute Gasteiger partial charge is 0.169 e. The lowest BCUT2D eigenvalue weighted by Gasteiger charge is -2.00. The molecular formula is C8H13BrN2O. The molecule has 0 atom stereocenters. The van der Waals surface area contributed by atoms with Crippen molar-refractivity contribution in [3.63, 3.8) is 0 Å². The normalized spacial score (nSPS) is 10.5. The lowest BCUT2D eigenvalue weighted by atomic mass is 10.4. The summed E-state index contributed by atoms with van der Waals surface area (Å²) >= 11 is 3.25. The fourth-order valence-corrected chi connectivity index (χ4v) is 1.21. The standard InChI is InChI=1S/C8H13BrN2O/c1-10-4-5-11-6-7-2-3-8(9)12-7/h2-3,10-11H,4-6H2,1H3. The molecule has 0 unspecified atom stereocenters. The van der Waals surface area contributed by atoms with Gasteiger partial charge in [0.25, 0.3) is 0 Å². The molecule has 0 aliphatic heterocycles. The van der Waals surface area contributed by atoms with Gasteiger partial charge in [0.2, 0.25) is 0 Å². The molecule has 0 aliphatic rings. The summed E-state index contributed by atoms with van der Waals surface area (Å²) in [7, 11) is 1.94. The third-order valence-electron chi connectivity index (χ3n) is 1.48. The maximum Gasteiger partial charge on any atom is 0.169 e. The van der Waals surface area contributed by atoms with E-state index in [4.69, 9.17) is 4.42 Å². The van der Waals surface area contributed by atoms with Crippen LogP contribution in [0.4, 0.5) is 0 Å². The number of hydrogen-bond acceptors (Lipinski definition) is 3. The van der Waals surface area contributed by atoms with Crippen molar-refractivity contribution in [1.82, 2.24) is 10.6 Å². The highest BCUT2D eigenvalue weighted by atomic mass is 79.9. The van der Waals surface area contributed by atoms with E-state index in [1.807, 2.05) is 19.2 Å². The largest absolute Gasteiger partial charge is 0.453 e. The summed E-state index contributed by atoms with van der Waals surface area (Å²) in [5, 5.41) is 6.30. The summed E-state index contributed by atoms with van der Waals surface area (Å²) in [6.45, 7) is 2.71. The minimum atomic E-state index is 0.785. The van der Waals surface area contributed by atoms with Gasteiger partial charge in [-0.2, -0.15) is 0 Å². The molecule has 12 heavy (non-hydrogen) atoms. The van der Waals surface area contributed by atoms with Crippen LogP contribution in [-0.4, -0.2) is 20.1 Å². The van der Waals surface area contributed by atoms with Crippen LogP contribution in [0.3, 0.4) is 0 Å². The van der Waals surface area contributed by atoms with E-state index in [1.54, 1.807) is 0 Å². The van der Waals surface area contributed by atoms with Gasteiger partial charge in [-0.05, 0) is 35.1 Å². The lowest BCUT2D eigenvalue weighted by Crippen LogP contribution is -2.24. The number of halogens is 1. The number of rotatable bonds is 5. The van der Waals surface area contributed by atoms with E-state index >= 15 is 0 Å². The molecule has 2 N–H and O–H groups in total. The minimum Gasteiger partial charge on any atom is -0.453 e. The molecule has 4 heteroatoms. The van der Waals surface area contributed by atoms with Gasteiger partial charge in [-0.1, -0.05) is 0 Å². The first-order chi connectivity index (χ1) is 5.83. The van der Waals surface area contributed by atoms with Crippen molar-refractivity contribution in [3.8, 4) is 0 Å². The molecule has 0 fully saturated rings. The Morgan fingerprint density at radius 2 is 2.25 bits per heavy atom. The molecule has 0 amide bonds. The second kappa shape index (κ2) is 5.35. The highest BCUT2D eigenvalue weighted by molar-refractivity contribution is 9.10. The molecule has 68 valence electrons. The number of nitrogens with one attached hydrogen (secondary N) is 2. The maximum absolute atomic E-state index is 5.30. The van der Waals surface area contributed by atoms with Crippen LogP contribution in [0, 0.1) is 0 Å². The Hall–Kier alpha value is -0.320. The zero-order valence-corrected chi connectivity index (χ0v) is 8.65. The Bertz CT molecular complexity index is 225. The van der Waals surface area contributed by atoms with Crippen LogP contribution in [0.25, 0.3) is 0 Å². The van der Waals surface area contributed by atoms with E-state index < -0.39 is 0 Å². The van der Waals surface area contributed by atoms with Gasteiger partial charge in [0.1, 0.15) is 5.76 Å². The molecule has 3 nitrogen and oxygen atoms in total. The highest BCUT2D eigenvalue weighted by Gasteiger charge is 1.96. The van der Waals surface area contributed by atoms with Crippen molar-refractivity contribution < 1.29 is 4.42 Å². The van der Waals surface area contributed by atoms with Gasteiger partial charge >= 0.3 is 0 Å². The summed E-state index contributed by atoms with van der Waals surface area (Å²) < 4.78 is 6.08. The van der Waals surface area contributed by atoms with Gasteiger partial charge in [0, 0.05) is 13.1 Å². The van der Waals surface area contributed by atoms with E-state index in [9.17, 15) is 0 Å². The Labute approximate surface area is 80.7 Å². The van der Waals surface area contributed by atoms with Gasteiger partial charge in [-0.3, -0.25) is 0 Å². The maximum atomic E-state index is 5.30. The van der Waals surface area contributed by atoms with Crippen LogP contribution >= 0.6 is 15.9 Å². The predicted octanol–water partition coefficient (Wildman–Crippen LogP) is 1.35. The molecular weight excluding hydrogens is 220 g/mol. The number of furan rings is 1. The molecule has 0 saturated carbocycles. The van der Waals surface area contributed by atoms with Gasteiger partial charge < -0.3 is 15.1 Å². The second-order valence-electron chi connectivity index (χ2n) is 2.49. The summed E-state index contributed by atoms with van der Waals surface area (Å²) in [5.41, 5.74) is 0. The summed E-state index contributed by atoms with van der Waals surface area (Å²) in [4.78, 5) is 0. The van der Waals surface area contributed by atoms with E-state index in [1.165, 1.54) is 0 Å². The van der Waals surface area contributed by atoms with Crippen LogP contribution in [-0.2, 0) is 6.54 Å². The third kappa shape index (κ3) is 3.38. The van der Waals surface area contributed by atoms with Gasteiger partial charge in [-0.25, -0.2) is 0 Å². The molecule has 1 aromatic rings. The van der Waals surface area contributed by atoms with Crippen molar-refractivity contribution in [3.05, 3.63) is 22.6 Å². The van der Waals surface area contributed by atoms with E-state index in [2.05, 4.69) is 26.6 Å². The SMILES string of the molecule is CNCCNCc1ccc(Br)o1. The second-order valence-corrected chi connectivity index (χ2v) is 3.27. The summed E-state index contributed by atoms with van der Waals surface area (Å²) in [6.07, 6.45) is 0. The Balaban J connectivity index is 2.15. The monoisotopic (exact) mass is 232 g/mol. The highest BCUT2D eigenvalue weighted by Crippen LogP contribution is 2.13. The third-order valence-corrected chi connectivity index (χ3v) is 1.91. The molecule has 0 aromatic carbocycles. The molecule has 0 saturated heterocycles. The van der Waals surface area contributed by atoms with E-state index in [0.29, 0.717) is 0 Å². The molecule has 0 radical (unpaired) electrons. The van der Waals surface area contributed by atoms with Crippen LogP contribution in [0.5, 0.6) is 0 Å². The quantitative estimate of drug-likeness (QED) is 0.754.